The van der Waals surface area contributed by atoms with Crippen LogP contribution >= 0.6 is 0 Å². The molecule has 2 aromatic heterocycles. The summed E-state index contributed by atoms with van der Waals surface area (Å²) < 4.78 is 7.63. The number of aromatic nitrogens is 3. The minimum atomic E-state index is 0.275. The van der Waals surface area contributed by atoms with Gasteiger partial charge in [0.2, 0.25) is 0 Å². The van der Waals surface area contributed by atoms with Crippen LogP contribution in [0, 0.1) is 0 Å². The van der Waals surface area contributed by atoms with Crippen LogP contribution in [0.2, 0.25) is 0 Å². The normalized spacial score (nSPS) is 19.0. The van der Waals surface area contributed by atoms with E-state index in [1.54, 1.807) is 6.26 Å². The number of benzene rings is 1. The van der Waals surface area contributed by atoms with Crippen molar-refractivity contribution >= 4 is 0 Å². The standard InChI is InChI=1S/C18H20N4O/c1-2-7-15(8-3-1)22-14-19-20-18(22)17-10-4-5-11-21(17)13-16-9-6-12-23-16/h1-3,6-9,12,14,17H,4-5,10-11,13H2. The van der Waals surface area contributed by atoms with Crippen molar-refractivity contribution in [2.45, 2.75) is 31.8 Å². The molecule has 0 spiro atoms. The Bertz CT molecular complexity index is 735. The molecule has 1 fully saturated rings. The lowest BCUT2D eigenvalue weighted by Crippen LogP contribution is -2.34. The highest BCUT2D eigenvalue weighted by Crippen LogP contribution is 2.32. The minimum Gasteiger partial charge on any atom is -0.468 e. The van der Waals surface area contributed by atoms with Gasteiger partial charge in [0.05, 0.1) is 18.8 Å². The molecule has 1 unspecified atom stereocenters. The fourth-order valence-electron chi connectivity index (χ4n) is 3.33. The molecule has 1 aliphatic rings. The van der Waals surface area contributed by atoms with Crippen molar-refractivity contribution in [3.05, 3.63) is 66.6 Å². The molecule has 1 saturated heterocycles. The van der Waals surface area contributed by atoms with Crippen LogP contribution in [0.15, 0.2) is 59.5 Å². The summed E-state index contributed by atoms with van der Waals surface area (Å²) in [5.74, 6) is 2.02. The van der Waals surface area contributed by atoms with Gasteiger partial charge in [0.1, 0.15) is 12.1 Å². The number of hydrogen-bond acceptors (Lipinski definition) is 4. The van der Waals surface area contributed by atoms with Crippen LogP contribution < -0.4 is 0 Å². The van der Waals surface area contributed by atoms with E-state index in [-0.39, 0.29) is 6.04 Å². The van der Waals surface area contributed by atoms with Crippen LogP contribution in [0.25, 0.3) is 5.69 Å². The van der Waals surface area contributed by atoms with Crippen molar-refractivity contribution in [3.8, 4) is 5.69 Å². The van der Waals surface area contributed by atoms with Gasteiger partial charge in [-0.2, -0.15) is 0 Å². The van der Waals surface area contributed by atoms with E-state index in [9.17, 15) is 0 Å². The summed E-state index contributed by atoms with van der Waals surface area (Å²) in [4.78, 5) is 2.45. The van der Waals surface area contributed by atoms with Gasteiger partial charge >= 0.3 is 0 Å². The molecule has 4 rings (SSSR count). The van der Waals surface area contributed by atoms with Crippen molar-refractivity contribution < 1.29 is 4.42 Å². The largest absolute Gasteiger partial charge is 0.468 e. The average molecular weight is 308 g/mol. The predicted molar refractivity (Wildman–Crippen MR) is 87.1 cm³/mol. The van der Waals surface area contributed by atoms with E-state index in [0.717, 1.165) is 36.8 Å². The first-order valence-electron chi connectivity index (χ1n) is 8.13. The highest BCUT2D eigenvalue weighted by atomic mass is 16.3. The van der Waals surface area contributed by atoms with Gasteiger partial charge in [-0.1, -0.05) is 24.6 Å². The molecule has 0 radical (unpaired) electrons. The number of likely N-dealkylation sites (tertiary alicyclic amines) is 1. The summed E-state index contributed by atoms with van der Waals surface area (Å²) in [6.07, 6.45) is 7.09. The van der Waals surface area contributed by atoms with E-state index >= 15 is 0 Å². The van der Waals surface area contributed by atoms with E-state index in [4.69, 9.17) is 4.42 Å². The highest BCUT2D eigenvalue weighted by molar-refractivity contribution is 5.32. The number of piperidine rings is 1. The molecule has 23 heavy (non-hydrogen) atoms. The first-order valence-corrected chi connectivity index (χ1v) is 8.13. The zero-order valence-corrected chi connectivity index (χ0v) is 13.0. The molecule has 0 N–H and O–H groups in total. The van der Waals surface area contributed by atoms with E-state index in [1.807, 2.05) is 36.7 Å². The molecule has 0 amide bonds. The Kier molecular flexibility index (Phi) is 3.94. The molecule has 1 atom stereocenters. The summed E-state index contributed by atoms with van der Waals surface area (Å²) in [5, 5.41) is 8.60. The van der Waals surface area contributed by atoms with E-state index in [1.165, 1.54) is 12.8 Å². The molecule has 118 valence electrons. The van der Waals surface area contributed by atoms with Gasteiger partial charge in [-0.25, -0.2) is 0 Å². The number of para-hydroxylation sites is 1. The summed E-state index contributed by atoms with van der Waals surface area (Å²) >= 11 is 0. The third-order valence-electron chi connectivity index (χ3n) is 4.46. The van der Waals surface area contributed by atoms with Gasteiger partial charge in [0.15, 0.2) is 5.82 Å². The summed E-state index contributed by atoms with van der Waals surface area (Å²) in [7, 11) is 0. The minimum absolute atomic E-state index is 0.275. The summed E-state index contributed by atoms with van der Waals surface area (Å²) in [5.41, 5.74) is 1.11. The first-order chi connectivity index (χ1) is 11.4. The van der Waals surface area contributed by atoms with E-state index in [2.05, 4.69) is 31.8 Å². The van der Waals surface area contributed by atoms with Gasteiger partial charge in [0, 0.05) is 5.69 Å². The Balaban J connectivity index is 1.64. The van der Waals surface area contributed by atoms with Gasteiger partial charge in [-0.3, -0.25) is 9.47 Å². The molecular weight excluding hydrogens is 288 g/mol. The van der Waals surface area contributed by atoms with Gasteiger partial charge in [-0.15, -0.1) is 10.2 Å². The summed E-state index contributed by atoms with van der Waals surface area (Å²) in [6.45, 7) is 1.88. The van der Waals surface area contributed by atoms with Gasteiger partial charge in [0.25, 0.3) is 0 Å². The second-order valence-electron chi connectivity index (χ2n) is 5.96. The first kappa shape index (κ1) is 14.2. The van der Waals surface area contributed by atoms with Gasteiger partial charge in [-0.05, 0) is 43.7 Å². The Morgan fingerprint density at radius 1 is 1.09 bits per heavy atom. The molecule has 5 heteroatoms. The van der Waals surface area contributed by atoms with E-state index < -0.39 is 0 Å². The lowest BCUT2D eigenvalue weighted by atomic mass is 10.0. The average Bonchev–Trinajstić information content (AvgIpc) is 3.28. The van der Waals surface area contributed by atoms with Crippen LogP contribution in [0.1, 0.15) is 36.9 Å². The Morgan fingerprint density at radius 2 is 2.00 bits per heavy atom. The zero-order valence-electron chi connectivity index (χ0n) is 13.0. The molecule has 3 heterocycles. The number of nitrogens with zero attached hydrogens (tertiary/aromatic N) is 4. The molecule has 0 aliphatic carbocycles. The fourth-order valence-corrected chi connectivity index (χ4v) is 3.33. The Morgan fingerprint density at radius 3 is 2.83 bits per heavy atom. The molecular formula is C18H20N4O. The van der Waals surface area contributed by atoms with Crippen LogP contribution in [0.5, 0.6) is 0 Å². The number of hydrogen-bond donors (Lipinski definition) is 0. The molecule has 1 aliphatic heterocycles. The maximum atomic E-state index is 5.53. The van der Waals surface area contributed by atoms with Gasteiger partial charge < -0.3 is 4.42 Å². The van der Waals surface area contributed by atoms with Crippen molar-refractivity contribution in [1.82, 2.24) is 19.7 Å². The second kappa shape index (κ2) is 6.38. The smallest absolute Gasteiger partial charge is 0.154 e. The monoisotopic (exact) mass is 308 g/mol. The maximum Gasteiger partial charge on any atom is 0.154 e. The topological polar surface area (TPSA) is 47.1 Å². The Hall–Kier alpha value is -2.40. The Labute approximate surface area is 135 Å². The van der Waals surface area contributed by atoms with Crippen LogP contribution in [-0.2, 0) is 6.54 Å². The third-order valence-corrected chi connectivity index (χ3v) is 4.46. The molecule has 1 aromatic carbocycles. The lowest BCUT2D eigenvalue weighted by Gasteiger charge is -2.34. The van der Waals surface area contributed by atoms with Crippen LogP contribution in [0.4, 0.5) is 0 Å². The maximum absolute atomic E-state index is 5.53. The van der Waals surface area contributed by atoms with Crippen molar-refractivity contribution in [3.63, 3.8) is 0 Å². The fraction of sp³-hybridized carbons (Fsp3) is 0.333. The summed E-state index contributed by atoms with van der Waals surface area (Å²) in [6, 6.07) is 14.5. The molecule has 0 bridgehead atoms. The lowest BCUT2D eigenvalue weighted by molar-refractivity contribution is 0.122. The zero-order chi connectivity index (χ0) is 15.5. The quantitative estimate of drug-likeness (QED) is 0.739. The van der Waals surface area contributed by atoms with Crippen molar-refractivity contribution in [2.75, 3.05) is 6.54 Å². The predicted octanol–water partition coefficient (Wildman–Crippen LogP) is 3.59. The van der Waals surface area contributed by atoms with Crippen molar-refractivity contribution in [1.29, 1.82) is 0 Å². The third kappa shape index (κ3) is 2.92. The van der Waals surface area contributed by atoms with Crippen LogP contribution in [0.3, 0.4) is 0 Å². The number of furan rings is 1. The number of rotatable bonds is 4. The molecule has 5 nitrogen and oxygen atoms in total. The molecule has 0 saturated carbocycles. The molecule has 3 aromatic rings. The SMILES string of the molecule is c1ccc(-n2cnnc2C2CCCCN2Cc2ccco2)cc1. The van der Waals surface area contributed by atoms with E-state index in [0.29, 0.717) is 0 Å². The van der Waals surface area contributed by atoms with Crippen LogP contribution in [-0.4, -0.2) is 26.2 Å². The van der Waals surface area contributed by atoms with Crippen molar-refractivity contribution in [2.24, 2.45) is 0 Å². The second-order valence-corrected chi connectivity index (χ2v) is 5.96. The highest BCUT2D eigenvalue weighted by Gasteiger charge is 2.28.